The molecular weight excluding hydrogens is 334 g/mol. The molecule has 0 bridgehead atoms. The van der Waals surface area contributed by atoms with Gasteiger partial charge in [0.1, 0.15) is 5.25 Å². The summed E-state index contributed by atoms with van der Waals surface area (Å²) < 4.78 is 0. The molecule has 2 aromatic rings. The van der Waals surface area contributed by atoms with Crippen LogP contribution in [0.2, 0.25) is 0 Å². The number of para-hydroxylation sites is 1. The summed E-state index contributed by atoms with van der Waals surface area (Å²) in [6, 6.07) is 15.1. The third-order valence-corrected chi connectivity index (χ3v) is 5.01. The number of nitrogens with zero attached hydrogens (tertiary/aromatic N) is 1. The van der Waals surface area contributed by atoms with Crippen molar-refractivity contribution in [2.24, 2.45) is 4.99 Å². The van der Waals surface area contributed by atoms with Crippen molar-refractivity contribution in [3.05, 3.63) is 59.7 Å². The Morgan fingerprint density at radius 1 is 1.16 bits per heavy atom. The number of hydrogen-bond donors (Lipinski definition) is 2. The van der Waals surface area contributed by atoms with E-state index in [1.807, 2.05) is 62.4 Å². The molecule has 3 rings (SSSR count). The van der Waals surface area contributed by atoms with Gasteiger partial charge < -0.3 is 10.6 Å². The average molecular weight is 353 g/mol. The number of carbonyl (C=O) groups excluding carboxylic acids is 2. The zero-order chi connectivity index (χ0) is 17.8. The predicted octanol–water partition coefficient (Wildman–Crippen LogP) is 3.55. The van der Waals surface area contributed by atoms with Crippen molar-refractivity contribution in [1.82, 2.24) is 5.32 Å². The topological polar surface area (TPSA) is 70.6 Å². The summed E-state index contributed by atoms with van der Waals surface area (Å²) in [5.74, 6) is -0.391. The summed E-state index contributed by atoms with van der Waals surface area (Å²) in [7, 11) is 0. The molecule has 0 unspecified atom stereocenters. The number of rotatable bonds is 3. The lowest BCUT2D eigenvalue weighted by molar-refractivity contribution is -0.123. The maximum absolute atomic E-state index is 12.5. The first-order chi connectivity index (χ1) is 12.0. The highest BCUT2D eigenvalue weighted by Gasteiger charge is 2.30. The lowest BCUT2D eigenvalue weighted by Gasteiger charge is -2.22. The summed E-state index contributed by atoms with van der Waals surface area (Å²) in [5, 5.41) is 5.56. The van der Waals surface area contributed by atoms with E-state index in [0.29, 0.717) is 5.17 Å². The maximum Gasteiger partial charge on any atom is 0.238 e. The largest absolute Gasteiger partial charge is 0.325 e. The van der Waals surface area contributed by atoms with Gasteiger partial charge in [0.25, 0.3) is 0 Å². The van der Waals surface area contributed by atoms with E-state index in [-0.39, 0.29) is 18.2 Å². The number of nitrogens with one attached hydrogen (secondary N) is 2. The van der Waals surface area contributed by atoms with Crippen molar-refractivity contribution in [3.8, 4) is 0 Å². The molecule has 0 aliphatic carbocycles. The SMILES string of the molecule is Cc1ccc(NC(=O)[C@H]2CC(=O)NC(=Nc3ccccc3)S2)cc1C. The van der Waals surface area contributed by atoms with E-state index >= 15 is 0 Å². The van der Waals surface area contributed by atoms with Crippen molar-refractivity contribution in [1.29, 1.82) is 0 Å². The monoisotopic (exact) mass is 353 g/mol. The second-order valence-electron chi connectivity index (χ2n) is 5.90. The van der Waals surface area contributed by atoms with Gasteiger partial charge in [-0.3, -0.25) is 9.59 Å². The smallest absolute Gasteiger partial charge is 0.238 e. The van der Waals surface area contributed by atoms with Crippen LogP contribution in [0.4, 0.5) is 11.4 Å². The fourth-order valence-electron chi connectivity index (χ4n) is 2.41. The van der Waals surface area contributed by atoms with Gasteiger partial charge in [-0.05, 0) is 49.2 Å². The van der Waals surface area contributed by atoms with Gasteiger partial charge in [-0.1, -0.05) is 36.0 Å². The number of aryl methyl sites for hydroxylation is 2. The van der Waals surface area contributed by atoms with Crippen LogP contribution in [0.25, 0.3) is 0 Å². The van der Waals surface area contributed by atoms with E-state index in [0.717, 1.165) is 16.9 Å². The number of hydrogen-bond acceptors (Lipinski definition) is 4. The molecule has 0 aromatic heterocycles. The Bertz CT molecular complexity index is 834. The van der Waals surface area contributed by atoms with Gasteiger partial charge in [-0.15, -0.1) is 0 Å². The van der Waals surface area contributed by atoms with Gasteiger partial charge in [0.2, 0.25) is 11.8 Å². The van der Waals surface area contributed by atoms with E-state index in [1.54, 1.807) is 0 Å². The van der Waals surface area contributed by atoms with E-state index in [1.165, 1.54) is 17.3 Å². The van der Waals surface area contributed by atoms with Crippen molar-refractivity contribution in [2.45, 2.75) is 25.5 Å². The van der Waals surface area contributed by atoms with E-state index in [2.05, 4.69) is 15.6 Å². The van der Waals surface area contributed by atoms with Crippen LogP contribution in [0, 0.1) is 13.8 Å². The summed E-state index contributed by atoms with van der Waals surface area (Å²) in [6.07, 6.45) is 0.134. The number of aliphatic imine (C=N–C) groups is 1. The van der Waals surface area contributed by atoms with Crippen molar-refractivity contribution >= 4 is 40.1 Å². The summed E-state index contributed by atoms with van der Waals surface area (Å²) in [6.45, 7) is 4.02. The summed E-state index contributed by atoms with van der Waals surface area (Å²) >= 11 is 1.27. The van der Waals surface area contributed by atoms with Crippen LogP contribution in [0.1, 0.15) is 17.5 Å². The lowest BCUT2D eigenvalue weighted by Crippen LogP contribution is -2.41. The number of carbonyl (C=O) groups is 2. The number of amidine groups is 1. The second kappa shape index (κ2) is 7.53. The highest BCUT2D eigenvalue weighted by Crippen LogP contribution is 2.25. The minimum atomic E-state index is -0.502. The Morgan fingerprint density at radius 2 is 1.92 bits per heavy atom. The molecule has 0 saturated carbocycles. The van der Waals surface area contributed by atoms with Gasteiger partial charge in [0.15, 0.2) is 5.17 Å². The molecule has 2 N–H and O–H groups in total. The highest BCUT2D eigenvalue weighted by molar-refractivity contribution is 8.15. The molecule has 0 spiro atoms. The van der Waals surface area contributed by atoms with Crippen molar-refractivity contribution < 1.29 is 9.59 Å². The molecule has 0 radical (unpaired) electrons. The van der Waals surface area contributed by atoms with Crippen LogP contribution in [-0.4, -0.2) is 22.2 Å². The predicted molar refractivity (Wildman–Crippen MR) is 102 cm³/mol. The van der Waals surface area contributed by atoms with Crippen LogP contribution in [-0.2, 0) is 9.59 Å². The zero-order valence-electron chi connectivity index (χ0n) is 14.1. The third-order valence-electron chi connectivity index (χ3n) is 3.92. The normalized spacial score (nSPS) is 18.7. The first-order valence-electron chi connectivity index (χ1n) is 7.99. The summed E-state index contributed by atoms with van der Waals surface area (Å²) in [4.78, 5) is 28.9. The first kappa shape index (κ1) is 17.2. The van der Waals surface area contributed by atoms with Crippen LogP contribution in [0.5, 0.6) is 0 Å². The molecule has 1 atom stereocenters. The highest BCUT2D eigenvalue weighted by atomic mass is 32.2. The van der Waals surface area contributed by atoms with Crippen LogP contribution >= 0.6 is 11.8 Å². The van der Waals surface area contributed by atoms with Crippen LogP contribution in [0.15, 0.2) is 53.5 Å². The standard InChI is InChI=1S/C19H19N3O2S/c1-12-8-9-15(10-13(12)2)20-18(24)16-11-17(23)22-19(25-16)21-14-6-4-3-5-7-14/h3-10,16H,11H2,1-2H3,(H,20,24)(H,21,22,23)/t16-/m1/s1. The van der Waals surface area contributed by atoms with Gasteiger partial charge in [0, 0.05) is 12.1 Å². The maximum atomic E-state index is 12.5. The Labute approximate surface area is 150 Å². The first-order valence-corrected chi connectivity index (χ1v) is 8.87. The Kier molecular flexibility index (Phi) is 5.19. The molecule has 6 heteroatoms. The van der Waals surface area contributed by atoms with Crippen molar-refractivity contribution in [2.75, 3.05) is 5.32 Å². The molecule has 25 heavy (non-hydrogen) atoms. The summed E-state index contributed by atoms with van der Waals surface area (Å²) in [5.41, 5.74) is 3.75. The van der Waals surface area contributed by atoms with E-state index in [9.17, 15) is 9.59 Å². The number of thioether (sulfide) groups is 1. The zero-order valence-corrected chi connectivity index (χ0v) is 14.9. The van der Waals surface area contributed by atoms with Crippen molar-refractivity contribution in [3.63, 3.8) is 0 Å². The van der Waals surface area contributed by atoms with Gasteiger partial charge in [0.05, 0.1) is 5.69 Å². The van der Waals surface area contributed by atoms with Gasteiger partial charge in [-0.2, -0.15) is 0 Å². The minimum absolute atomic E-state index is 0.134. The second-order valence-corrected chi connectivity index (χ2v) is 7.09. The Morgan fingerprint density at radius 3 is 2.64 bits per heavy atom. The quantitative estimate of drug-likeness (QED) is 0.886. The van der Waals surface area contributed by atoms with E-state index < -0.39 is 5.25 Å². The van der Waals surface area contributed by atoms with Gasteiger partial charge >= 0.3 is 0 Å². The molecular formula is C19H19N3O2S. The fourth-order valence-corrected chi connectivity index (χ4v) is 3.41. The lowest BCUT2D eigenvalue weighted by atomic mass is 10.1. The number of benzene rings is 2. The fraction of sp³-hybridized carbons (Fsp3) is 0.211. The molecule has 1 aliphatic rings. The molecule has 2 amide bonds. The molecule has 1 fully saturated rings. The molecule has 1 aliphatic heterocycles. The average Bonchev–Trinajstić information content (AvgIpc) is 2.58. The number of anilines is 1. The minimum Gasteiger partial charge on any atom is -0.325 e. The Balaban J connectivity index is 1.72. The molecule has 2 aromatic carbocycles. The van der Waals surface area contributed by atoms with Crippen LogP contribution in [0.3, 0.4) is 0 Å². The van der Waals surface area contributed by atoms with Crippen LogP contribution < -0.4 is 10.6 Å². The third kappa shape index (κ3) is 4.48. The molecule has 1 saturated heterocycles. The van der Waals surface area contributed by atoms with E-state index in [4.69, 9.17) is 0 Å². The molecule has 128 valence electrons. The number of amides is 2. The van der Waals surface area contributed by atoms with Gasteiger partial charge in [-0.25, -0.2) is 4.99 Å². The molecule has 5 nitrogen and oxygen atoms in total. The molecule has 1 heterocycles. The Hall–Kier alpha value is -2.60.